The highest BCUT2D eigenvalue weighted by molar-refractivity contribution is 5.83. The summed E-state index contributed by atoms with van der Waals surface area (Å²) in [6, 6.07) is 7.91. The molecule has 0 bridgehead atoms. The van der Waals surface area contributed by atoms with Crippen molar-refractivity contribution < 1.29 is 13.9 Å². The highest BCUT2D eigenvalue weighted by Gasteiger charge is 2.21. The molecule has 1 aliphatic carbocycles. The summed E-state index contributed by atoms with van der Waals surface area (Å²) < 4.78 is 16.6. The molecule has 0 atom stereocenters. The molecule has 17 heavy (non-hydrogen) atoms. The van der Waals surface area contributed by atoms with Gasteiger partial charge in [-0.3, -0.25) is 0 Å². The van der Waals surface area contributed by atoms with Gasteiger partial charge >= 0.3 is 0 Å². The summed E-state index contributed by atoms with van der Waals surface area (Å²) in [5, 5.41) is 1.06. The van der Waals surface area contributed by atoms with Crippen molar-refractivity contribution in [2.45, 2.75) is 19.4 Å². The SMILES string of the molecule is COc1cccc2cc(COCC3CC3)oc12. The second kappa shape index (κ2) is 4.41. The van der Waals surface area contributed by atoms with Gasteiger partial charge in [0.2, 0.25) is 0 Å². The van der Waals surface area contributed by atoms with E-state index in [1.54, 1.807) is 7.11 Å². The molecule has 0 amide bonds. The fourth-order valence-electron chi connectivity index (χ4n) is 1.93. The van der Waals surface area contributed by atoms with E-state index in [4.69, 9.17) is 13.9 Å². The molecule has 0 spiro atoms. The van der Waals surface area contributed by atoms with E-state index in [0.29, 0.717) is 6.61 Å². The van der Waals surface area contributed by atoms with Gasteiger partial charge in [-0.15, -0.1) is 0 Å². The zero-order valence-electron chi connectivity index (χ0n) is 9.94. The molecule has 1 aromatic carbocycles. The fourth-order valence-corrected chi connectivity index (χ4v) is 1.93. The maximum absolute atomic E-state index is 5.74. The van der Waals surface area contributed by atoms with Crippen LogP contribution in [0.15, 0.2) is 28.7 Å². The molecule has 1 fully saturated rings. The van der Waals surface area contributed by atoms with Crippen LogP contribution in [-0.2, 0) is 11.3 Å². The average molecular weight is 232 g/mol. The minimum absolute atomic E-state index is 0.550. The molecule has 1 aliphatic rings. The van der Waals surface area contributed by atoms with Crippen molar-refractivity contribution in [1.82, 2.24) is 0 Å². The molecule has 1 saturated carbocycles. The lowest BCUT2D eigenvalue weighted by molar-refractivity contribution is 0.0983. The van der Waals surface area contributed by atoms with Crippen molar-refractivity contribution in [2.75, 3.05) is 13.7 Å². The van der Waals surface area contributed by atoms with Crippen LogP contribution in [0.4, 0.5) is 0 Å². The van der Waals surface area contributed by atoms with Crippen LogP contribution in [0.25, 0.3) is 11.0 Å². The van der Waals surface area contributed by atoms with Crippen molar-refractivity contribution in [3.05, 3.63) is 30.0 Å². The molecule has 3 rings (SSSR count). The van der Waals surface area contributed by atoms with Crippen molar-refractivity contribution in [3.8, 4) is 5.75 Å². The minimum atomic E-state index is 0.550. The van der Waals surface area contributed by atoms with Gasteiger partial charge in [0.15, 0.2) is 11.3 Å². The van der Waals surface area contributed by atoms with Gasteiger partial charge in [0.25, 0.3) is 0 Å². The molecule has 90 valence electrons. The number of hydrogen-bond acceptors (Lipinski definition) is 3. The number of methoxy groups -OCH3 is 1. The molecule has 3 heteroatoms. The Morgan fingerprint density at radius 2 is 2.24 bits per heavy atom. The summed E-state index contributed by atoms with van der Waals surface area (Å²) in [5.74, 6) is 2.43. The predicted octanol–water partition coefficient (Wildman–Crippen LogP) is 3.37. The van der Waals surface area contributed by atoms with Gasteiger partial charge in [-0.25, -0.2) is 0 Å². The second-order valence-corrected chi connectivity index (χ2v) is 4.55. The Hall–Kier alpha value is -1.48. The van der Waals surface area contributed by atoms with Crippen LogP contribution in [0.2, 0.25) is 0 Å². The van der Waals surface area contributed by atoms with E-state index < -0.39 is 0 Å². The first-order valence-electron chi connectivity index (χ1n) is 6.00. The van der Waals surface area contributed by atoms with Crippen LogP contribution in [0.5, 0.6) is 5.75 Å². The maximum atomic E-state index is 5.74. The Bertz CT molecular complexity index is 511. The third-order valence-corrected chi connectivity index (χ3v) is 3.07. The van der Waals surface area contributed by atoms with E-state index in [1.165, 1.54) is 12.8 Å². The van der Waals surface area contributed by atoms with E-state index in [-0.39, 0.29) is 0 Å². The van der Waals surface area contributed by atoms with Gasteiger partial charge in [0.1, 0.15) is 12.4 Å². The molecular formula is C14H16O3. The van der Waals surface area contributed by atoms with Crippen LogP contribution in [0.1, 0.15) is 18.6 Å². The Morgan fingerprint density at radius 3 is 3.00 bits per heavy atom. The smallest absolute Gasteiger partial charge is 0.176 e. The van der Waals surface area contributed by atoms with Gasteiger partial charge in [0, 0.05) is 12.0 Å². The molecule has 3 nitrogen and oxygen atoms in total. The van der Waals surface area contributed by atoms with Crippen LogP contribution in [-0.4, -0.2) is 13.7 Å². The summed E-state index contributed by atoms with van der Waals surface area (Å²) >= 11 is 0. The van der Waals surface area contributed by atoms with Gasteiger partial charge in [-0.1, -0.05) is 12.1 Å². The molecule has 0 unspecified atom stereocenters. The summed E-state index contributed by atoms with van der Waals surface area (Å²) in [7, 11) is 1.65. The molecule has 1 aromatic heterocycles. The van der Waals surface area contributed by atoms with Gasteiger partial charge in [-0.05, 0) is 30.9 Å². The van der Waals surface area contributed by atoms with E-state index >= 15 is 0 Å². The van der Waals surface area contributed by atoms with Crippen LogP contribution in [0, 0.1) is 5.92 Å². The van der Waals surface area contributed by atoms with E-state index in [2.05, 4.69) is 0 Å². The zero-order chi connectivity index (χ0) is 11.7. The largest absolute Gasteiger partial charge is 0.493 e. The quantitative estimate of drug-likeness (QED) is 0.792. The summed E-state index contributed by atoms with van der Waals surface area (Å²) in [5.41, 5.74) is 0.806. The number of rotatable bonds is 5. The topological polar surface area (TPSA) is 31.6 Å². The predicted molar refractivity (Wildman–Crippen MR) is 65.1 cm³/mol. The number of ether oxygens (including phenoxy) is 2. The molecule has 0 N–H and O–H groups in total. The van der Waals surface area contributed by atoms with E-state index in [0.717, 1.165) is 35.0 Å². The lowest BCUT2D eigenvalue weighted by Gasteiger charge is -2.00. The number of para-hydroxylation sites is 1. The molecule has 0 saturated heterocycles. The van der Waals surface area contributed by atoms with Gasteiger partial charge in [0.05, 0.1) is 7.11 Å². The molecular weight excluding hydrogens is 216 g/mol. The highest BCUT2D eigenvalue weighted by atomic mass is 16.5. The minimum Gasteiger partial charge on any atom is -0.493 e. The molecule has 0 radical (unpaired) electrons. The summed E-state index contributed by atoms with van der Waals surface area (Å²) in [4.78, 5) is 0. The Morgan fingerprint density at radius 1 is 1.35 bits per heavy atom. The first kappa shape index (κ1) is 10.7. The lowest BCUT2D eigenvalue weighted by Crippen LogP contribution is -1.95. The van der Waals surface area contributed by atoms with E-state index in [9.17, 15) is 0 Å². The van der Waals surface area contributed by atoms with Crippen molar-refractivity contribution in [1.29, 1.82) is 0 Å². The molecule has 0 aliphatic heterocycles. The third kappa shape index (κ3) is 2.29. The number of benzene rings is 1. The van der Waals surface area contributed by atoms with Crippen LogP contribution >= 0.6 is 0 Å². The molecule has 2 aromatic rings. The zero-order valence-corrected chi connectivity index (χ0v) is 9.94. The first-order valence-corrected chi connectivity index (χ1v) is 6.00. The fraction of sp³-hybridized carbons (Fsp3) is 0.429. The Kier molecular flexibility index (Phi) is 2.77. The van der Waals surface area contributed by atoms with Crippen molar-refractivity contribution in [2.24, 2.45) is 5.92 Å². The Balaban J connectivity index is 1.75. The standard InChI is InChI=1S/C14H16O3/c1-15-13-4-2-3-11-7-12(17-14(11)13)9-16-8-10-5-6-10/h2-4,7,10H,5-6,8-9H2,1H3. The average Bonchev–Trinajstić information content (AvgIpc) is 3.06. The van der Waals surface area contributed by atoms with Gasteiger partial charge < -0.3 is 13.9 Å². The first-order chi connectivity index (χ1) is 8.36. The highest BCUT2D eigenvalue weighted by Crippen LogP contribution is 2.31. The summed E-state index contributed by atoms with van der Waals surface area (Å²) in [6.45, 7) is 1.41. The molecule has 1 heterocycles. The van der Waals surface area contributed by atoms with E-state index in [1.807, 2.05) is 24.3 Å². The van der Waals surface area contributed by atoms with Crippen molar-refractivity contribution >= 4 is 11.0 Å². The second-order valence-electron chi connectivity index (χ2n) is 4.55. The lowest BCUT2D eigenvalue weighted by atomic mass is 10.2. The Labute approximate surface area is 100 Å². The summed E-state index contributed by atoms with van der Waals surface area (Å²) in [6.07, 6.45) is 2.63. The number of furan rings is 1. The van der Waals surface area contributed by atoms with Crippen LogP contribution in [0.3, 0.4) is 0 Å². The third-order valence-electron chi connectivity index (χ3n) is 3.07. The van der Waals surface area contributed by atoms with Crippen molar-refractivity contribution in [3.63, 3.8) is 0 Å². The number of fused-ring (bicyclic) bond motifs is 1. The number of hydrogen-bond donors (Lipinski definition) is 0. The van der Waals surface area contributed by atoms with Crippen LogP contribution < -0.4 is 4.74 Å². The maximum Gasteiger partial charge on any atom is 0.176 e. The monoisotopic (exact) mass is 232 g/mol. The normalized spacial score (nSPS) is 15.4. The van der Waals surface area contributed by atoms with Gasteiger partial charge in [-0.2, -0.15) is 0 Å².